The third-order valence-electron chi connectivity index (χ3n) is 4.16. The fourth-order valence-electron chi connectivity index (χ4n) is 3.02. The van der Waals surface area contributed by atoms with Crippen LogP contribution < -0.4 is 10.6 Å². The standard InChI is InChI=1S/C18H20N4O3S/c1-11(23)19-12-6-8-13(9-7-12)20-16(24)10-26-17-14-4-2-3-5-15(14)21-18(25)22-17/h6-9,14H,2-5,10H2,1H3,(H,19,23)(H,20,24). The number of urea groups is 1. The number of carbonyl (C=O) groups excluding carboxylic acids is 3. The SMILES string of the molecule is CC(=O)Nc1ccc(NC(=O)CSC2=NC(=O)N=C3CCCCC32)cc1. The maximum Gasteiger partial charge on any atom is 0.367 e. The van der Waals surface area contributed by atoms with Crippen LogP contribution in [0, 0.1) is 5.92 Å². The van der Waals surface area contributed by atoms with Crippen molar-refractivity contribution in [3.8, 4) is 0 Å². The van der Waals surface area contributed by atoms with E-state index in [0.717, 1.165) is 31.4 Å². The van der Waals surface area contributed by atoms with Crippen LogP contribution in [0.4, 0.5) is 16.2 Å². The van der Waals surface area contributed by atoms with Gasteiger partial charge in [0.25, 0.3) is 0 Å². The zero-order chi connectivity index (χ0) is 18.5. The van der Waals surface area contributed by atoms with Crippen molar-refractivity contribution in [1.82, 2.24) is 0 Å². The van der Waals surface area contributed by atoms with Crippen molar-refractivity contribution in [3.63, 3.8) is 0 Å². The molecule has 0 radical (unpaired) electrons. The van der Waals surface area contributed by atoms with Crippen molar-refractivity contribution < 1.29 is 14.4 Å². The van der Waals surface area contributed by atoms with Gasteiger partial charge in [0.15, 0.2) is 0 Å². The van der Waals surface area contributed by atoms with Gasteiger partial charge in [0, 0.05) is 29.9 Å². The normalized spacial score (nSPS) is 19.1. The predicted octanol–water partition coefficient (Wildman–Crippen LogP) is 3.48. The molecule has 2 N–H and O–H groups in total. The second-order valence-corrected chi connectivity index (χ2v) is 7.23. The van der Waals surface area contributed by atoms with Gasteiger partial charge in [-0.3, -0.25) is 9.59 Å². The van der Waals surface area contributed by atoms with E-state index in [1.54, 1.807) is 24.3 Å². The van der Waals surface area contributed by atoms with E-state index in [2.05, 4.69) is 20.6 Å². The summed E-state index contributed by atoms with van der Waals surface area (Å²) in [6, 6.07) is 6.43. The van der Waals surface area contributed by atoms with Crippen LogP contribution in [-0.4, -0.2) is 34.4 Å². The number of fused-ring (bicyclic) bond motifs is 1. The second-order valence-electron chi connectivity index (χ2n) is 6.23. The monoisotopic (exact) mass is 372 g/mol. The maximum absolute atomic E-state index is 12.2. The molecule has 1 aromatic carbocycles. The van der Waals surface area contributed by atoms with Gasteiger partial charge < -0.3 is 10.6 Å². The van der Waals surface area contributed by atoms with Gasteiger partial charge in [0.05, 0.1) is 10.8 Å². The third kappa shape index (κ3) is 4.78. The Morgan fingerprint density at radius 2 is 1.81 bits per heavy atom. The Bertz CT molecular complexity index is 786. The Morgan fingerprint density at radius 1 is 1.12 bits per heavy atom. The molecular formula is C18H20N4O3S. The molecule has 1 atom stereocenters. The van der Waals surface area contributed by atoms with Crippen molar-refractivity contribution in [2.24, 2.45) is 15.9 Å². The lowest BCUT2D eigenvalue weighted by molar-refractivity contribution is -0.114. The first kappa shape index (κ1) is 18.3. The number of hydrogen-bond donors (Lipinski definition) is 2. The van der Waals surface area contributed by atoms with Crippen LogP contribution in [0.25, 0.3) is 0 Å². The summed E-state index contributed by atoms with van der Waals surface area (Å²) in [5.74, 6) is -0.0383. The molecule has 0 aromatic heterocycles. The molecular weight excluding hydrogens is 352 g/mol. The largest absolute Gasteiger partial charge is 0.367 e. The molecule has 136 valence electrons. The van der Waals surface area contributed by atoms with E-state index < -0.39 is 6.03 Å². The fourth-order valence-corrected chi connectivity index (χ4v) is 3.97. The molecule has 8 heteroatoms. The van der Waals surface area contributed by atoms with Gasteiger partial charge in [-0.05, 0) is 43.5 Å². The van der Waals surface area contributed by atoms with Crippen LogP contribution in [0.15, 0.2) is 34.3 Å². The number of anilines is 2. The smallest absolute Gasteiger partial charge is 0.326 e. The minimum atomic E-state index is -0.463. The average Bonchev–Trinajstić information content (AvgIpc) is 2.61. The molecule has 1 fully saturated rings. The van der Waals surface area contributed by atoms with E-state index in [1.165, 1.54) is 18.7 Å². The maximum atomic E-state index is 12.2. The lowest BCUT2D eigenvalue weighted by Gasteiger charge is -2.26. The van der Waals surface area contributed by atoms with E-state index in [-0.39, 0.29) is 23.5 Å². The van der Waals surface area contributed by atoms with Crippen LogP contribution in [0.2, 0.25) is 0 Å². The molecule has 1 aromatic rings. The minimum absolute atomic E-state index is 0.0937. The first-order valence-corrected chi connectivity index (χ1v) is 9.50. The number of carbonyl (C=O) groups is 3. The molecule has 1 heterocycles. The third-order valence-corrected chi connectivity index (χ3v) is 5.24. The quantitative estimate of drug-likeness (QED) is 0.845. The lowest BCUT2D eigenvalue weighted by atomic mass is 9.87. The molecule has 1 aliphatic carbocycles. The zero-order valence-corrected chi connectivity index (χ0v) is 15.3. The van der Waals surface area contributed by atoms with Crippen molar-refractivity contribution in [2.45, 2.75) is 32.6 Å². The van der Waals surface area contributed by atoms with Gasteiger partial charge in [-0.1, -0.05) is 18.2 Å². The van der Waals surface area contributed by atoms with Gasteiger partial charge in [-0.25, -0.2) is 9.79 Å². The van der Waals surface area contributed by atoms with Gasteiger partial charge in [-0.15, -0.1) is 0 Å². The van der Waals surface area contributed by atoms with Crippen LogP contribution in [0.1, 0.15) is 32.6 Å². The number of amides is 4. The number of hydrogen-bond acceptors (Lipinski definition) is 4. The Labute approximate surface area is 155 Å². The number of nitrogens with zero attached hydrogens (tertiary/aromatic N) is 2. The molecule has 1 unspecified atom stereocenters. The van der Waals surface area contributed by atoms with Gasteiger partial charge in [0.2, 0.25) is 11.8 Å². The highest BCUT2D eigenvalue weighted by atomic mass is 32.2. The summed E-state index contributed by atoms with van der Waals surface area (Å²) in [7, 11) is 0. The Morgan fingerprint density at radius 3 is 2.50 bits per heavy atom. The molecule has 0 bridgehead atoms. The van der Waals surface area contributed by atoms with E-state index in [9.17, 15) is 14.4 Å². The van der Waals surface area contributed by atoms with Crippen molar-refractivity contribution >= 4 is 51.7 Å². The highest BCUT2D eigenvalue weighted by molar-refractivity contribution is 8.14. The molecule has 26 heavy (non-hydrogen) atoms. The number of benzene rings is 1. The van der Waals surface area contributed by atoms with E-state index in [0.29, 0.717) is 16.4 Å². The summed E-state index contributed by atoms with van der Waals surface area (Å²) < 4.78 is 0. The fraction of sp³-hybridized carbons (Fsp3) is 0.389. The minimum Gasteiger partial charge on any atom is -0.326 e. The van der Waals surface area contributed by atoms with Crippen molar-refractivity contribution in [1.29, 1.82) is 0 Å². The molecule has 2 aliphatic rings. The topological polar surface area (TPSA) is 100.0 Å². The number of rotatable bonds is 4. The lowest BCUT2D eigenvalue weighted by Crippen LogP contribution is -2.31. The van der Waals surface area contributed by atoms with Gasteiger partial charge in [0.1, 0.15) is 0 Å². The van der Waals surface area contributed by atoms with Gasteiger partial charge in [-0.2, -0.15) is 4.99 Å². The predicted molar refractivity (Wildman–Crippen MR) is 104 cm³/mol. The number of thioether (sulfide) groups is 1. The molecule has 7 nitrogen and oxygen atoms in total. The molecule has 3 rings (SSSR count). The zero-order valence-electron chi connectivity index (χ0n) is 14.4. The summed E-state index contributed by atoms with van der Waals surface area (Å²) in [5.41, 5.74) is 2.23. The summed E-state index contributed by atoms with van der Waals surface area (Å²) in [4.78, 5) is 42.9. The van der Waals surface area contributed by atoms with Crippen molar-refractivity contribution in [2.75, 3.05) is 16.4 Å². The number of aliphatic imine (C=N–C) groups is 2. The first-order valence-electron chi connectivity index (χ1n) is 8.51. The van der Waals surface area contributed by atoms with E-state index in [1.807, 2.05) is 0 Å². The van der Waals surface area contributed by atoms with Crippen LogP contribution in [-0.2, 0) is 9.59 Å². The molecule has 4 amide bonds. The van der Waals surface area contributed by atoms with Crippen molar-refractivity contribution in [3.05, 3.63) is 24.3 Å². The summed E-state index contributed by atoms with van der Waals surface area (Å²) >= 11 is 1.31. The molecule has 1 aliphatic heterocycles. The summed E-state index contributed by atoms with van der Waals surface area (Å²) in [5, 5.41) is 6.18. The molecule has 0 spiro atoms. The summed E-state index contributed by atoms with van der Waals surface area (Å²) in [6.45, 7) is 1.44. The number of nitrogens with one attached hydrogen (secondary N) is 2. The van der Waals surface area contributed by atoms with E-state index in [4.69, 9.17) is 0 Å². The Balaban J connectivity index is 1.54. The summed E-state index contributed by atoms with van der Waals surface area (Å²) in [6.07, 6.45) is 3.91. The highest BCUT2D eigenvalue weighted by Gasteiger charge is 2.30. The first-order chi connectivity index (χ1) is 12.5. The molecule has 1 saturated carbocycles. The highest BCUT2D eigenvalue weighted by Crippen LogP contribution is 2.30. The van der Waals surface area contributed by atoms with Crippen LogP contribution in [0.3, 0.4) is 0 Å². The Kier molecular flexibility index (Phi) is 5.82. The second kappa shape index (κ2) is 8.27. The average molecular weight is 372 g/mol. The van der Waals surface area contributed by atoms with Crippen LogP contribution in [0.5, 0.6) is 0 Å². The van der Waals surface area contributed by atoms with E-state index >= 15 is 0 Å². The Hall–Kier alpha value is -2.48. The van der Waals surface area contributed by atoms with Crippen LogP contribution >= 0.6 is 11.8 Å². The van der Waals surface area contributed by atoms with Gasteiger partial charge >= 0.3 is 6.03 Å². The molecule has 0 saturated heterocycles.